The van der Waals surface area contributed by atoms with Crippen molar-refractivity contribution in [3.05, 3.63) is 35.6 Å². The van der Waals surface area contributed by atoms with Crippen LogP contribution >= 0.6 is 0 Å². The van der Waals surface area contributed by atoms with Crippen LogP contribution in [0.4, 0.5) is 4.39 Å². The fourth-order valence-corrected chi connectivity index (χ4v) is 0.774. The van der Waals surface area contributed by atoms with Gasteiger partial charge in [0.2, 0.25) is 0 Å². The molecule has 0 aliphatic carbocycles. The highest BCUT2D eigenvalue weighted by atomic mass is 19.1. The van der Waals surface area contributed by atoms with Crippen LogP contribution in [0, 0.1) is 11.2 Å². The highest BCUT2D eigenvalue weighted by molar-refractivity contribution is 5.57. The van der Waals surface area contributed by atoms with Gasteiger partial charge in [-0.25, -0.2) is 4.39 Å². The molecule has 0 bridgehead atoms. The third-order valence-corrected chi connectivity index (χ3v) is 1.28. The lowest BCUT2D eigenvalue weighted by Gasteiger charge is -1.95. The van der Waals surface area contributed by atoms with Gasteiger partial charge in [-0.1, -0.05) is 18.2 Å². The molecule has 0 saturated carbocycles. The highest BCUT2D eigenvalue weighted by Gasteiger charge is 1.95. The van der Waals surface area contributed by atoms with E-state index in [2.05, 4.69) is 0 Å². The van der Waals surface area contributed by atoms with E-state index in [1.165, 1.54) is 12.3 Å². The van der Waals surface area contributed by atoms with Gasteiger partial charge in [0.1, 0.15) is 5.82 Å². The van der Waals surface area contributed by atoms with Crippen molar-refractivity contribution in [1.29, 1.82) is 5.41 Å². The molecule has 1 N–H and O–H groups in total. The van der Waals surface area contributed by atoms with Crippen molar-refractivity contribution in [1.82, 2.24) is 0 Å². The van der Waals surface area contributed by atoms with Crippen LogP contribution in [0.3, 0.4) is 0 Å². The Morgan fingerprint density at radius 3 is 2.70 bits per heavy atom. The molecule has 1 nitrogen and oxygen atoms in total. The van der Waals surface area contributed by atoms with Crippen LogP contribution in [-0.4, -0.2) is 6.21 Å². The summed E-state index contributed by atoms with van der Waals surface area (Å²) >= 11 is 0. The van der Waals surface area contributed by atoms with E-state index >= 15 is 0 Å². The molecular weight excluding hydrogens is 129 g/mol. The highest BCUT2D eigenvalue weighted by Crippen LogP contribution is 2.04. The van der Waals surface area contributed by atoms with Crippen LogP contribution in [0.25, 0.3) is 0 Å². The maximum Gasteiger partial charge on any atom is 0.126 e. The second kappa shape index (κ2) is 3.11. The number of hydrogen-bond acceptors (Lipinski definition) is 1. The lowest BCUT2D eigenvalue weighted by Crippen LogP contribution is -1.88. The van der Waals surface area contributed by atoms with Crippen LogP contribution in [0.1, 0.15) is 5.56 Å². The molecule has 0 heterocycles. The predicted octanol–water partition coefficient (Wildman–Crippen LogP) is 2.02. The third-order valence-electron chi connectivity index (χ3n) is 1.28. The molecule has 52 valence electrons. The Morgan fingerprint density at radius 1 is 1.40 bits per heavy atom. The van der Waals surface area contributed by atoms with E-state index in [9.17, 15) is 4.39 Å². The summed E-state index contributed by atoms with van der Waals surface area (Å²) in [6.07, 6.45) is 1.57. The zero-order chi connectivity index (χ0) is 7.40. The second-order valence-corrected chi connectivity index (χ2v) is 2.00. The molecule has 0 aliphatic rings. The summed E-state index contributed by atoms with van der Waals surface area (Å²) in [7, 11) is 0. The van der Waals surface area contributed by atoms with E-state index in [0.29, 0.717) is 12.0 Å². The Bertz CT molecular complexity index is 232. The Kier molecular flexibility index (Phi) is 2.15. The smallest absolute Gasteiger partial charge is 0.126 e. The minimum Gasteiger partial charge on any atom is -0.313 e. The molecule has 0 saturated heterocycles. The van der Waals surface area contributed by atoms with Gasteiger partial charge in [-0.2, -0.15) is 0 Å². The summed E-state index contributed by atoms with van der Waals surface area (Å²) in [4.78, 5) is 0. The minimum atomic E-state index is -0.231. The van der Waals surface area contributed by atoms with Gasteiger partial charge in [0.25, 0.3) is 0 Å². The quantitative estimate of drug-likeness (QED) is 0.603. The van der Waals surface area contributed by atoms with Crippen molar-refractivity contribution in [3.63, 3.8) is 0 Å². The van der Waals surface area contributed by atoms with Gasteiger partial charge in [-0.05, 0) is 17.8 Å². The van der Waals surface area contributed by atoms with Gasteiger partial charge in [0, 0.05) is 6.42 Å². The largest absolute Gasteiger partial charge is 0.313 e. The van der Waals surface area contributed by atoms with E-state index in [4.69, 9.17) is 5.41 Å². The molecule has 2 heteroatoms. The molecule has 0 aromatic heterocycles. The van der Waals surface area contributed by atoms with E-state index in [1.807, 2.05) is 0 Å². The standard InChI is InChI=1S/C8H8FN/c9-8-4-2-1-3-7(8)5-6-10/h1-4,6,10H,5H2. The van der Waals surface area contributed by atoms with E-state index < -0.39 is 0 Å². The van der Waals surface area contributed by atoms with Gasteiger partial charge >= 0.3 is 0 Å². The van der Waals surface area contributed by atoms with Crippen LogP contribution in [-0.2, 0) is 6.42 Å². The average Bonchev–Trinajstić information content (AvgIpc) is 1.94. The van der Waals surface area contributed by atoms with Crippen LogP contribution in [0.2, 0.25) is 0 Å². The first kappa shape index (κ1) is 6.93. The first-order chi connectivity index (χ1) is 4.84. The summed E-state index contributed by atoms with van der Waals surface area (Å²) in [5, 5.41) is 6.75. The fourth-order valence-electron chi connectivity index (χ4n) is 0.774. The Balaban J connectivity index is 2.91. The molecular formula is C8H8FN. The topological polar surface area (TPSA) is 23.9 Å². The summed E-state index contributed by atoms with van der Waals surface area (Å²) < 4.78 is 12.7. The number of rotatable bonds is 2. The Morgan fingerprint density at radius 2 is 2.10 bits per heavy atom. The Hall–Kier alpha value is -1.18. The van der Waals surface area contributed by atoms with E-state index in [-0.39, 0.29) is 5.82 Å². The van der Waals surface area contributed by atoms with Crippen molar-refractivity contribution in [2.75, 3.05) is 0 Å². The zero-order valence-electron chi connectivity index (χ0n) is 5.47. The fraction of sp³-hybridized carbons (Fsp3) is 0.125. The van der Waals surface area contributed by atoms with Gasteiger partial charge in [0.05, 0.1) is 0 Å². The zero-order valence-corrected chi connectivity index (χ0v) is 5.47. The lowest BCUT2D eigenvalue weighted by molar-refractivity contribution is 0.616. The summed E-state index contributed by atoms with van der Waals surface area (Å²) in [6, 6.07) is 6.49. The average molecular weight is 137 g/mol. The first-order valence-electron chi connectivity index (χ1n) is 3.07. The predicted molar refractivity (Wildman–Crippen MR) is 38.9 cm³/mol. The molecule has 0 aliphatic heterocycles. The van der Waals surface area contributed by atoms with Crippen LogP contribution < -0.4 is 0 Å². The van der Waals surface area contributed by atoms with Gasteiger partial charge in [0.15, 0.2) is 0 Å². The van der Waals surface area contributed by atoms with Crippen LogP contribution in [0.15, 0.2) is 24.3 Å². The molecule has 0 unspecified atom stereocenters. The molecule has 1 aromatic carbocycles. The molecule has 0 atom stereocenters. The van der Waals surface area contributed by atoms with Gasteiger partial charge in [-0.3, -0.25) is 0 Å². The number of halogens is 1. The summed E-state index contributed by atoms with van der Waals surface area (Å²) in [5.41, 5.74) is 0.581. The molecule has 0 radical (unpaired) electrons. The Labute approximate surface area is 59.0 Å². The molecule has 0 fully saturated rings. The van der Waals surface area contributed by atoms with Gasteiger partial charge in [-0.15, -0.1) is 0 Å². The lowest BCUT2D eigenvalue weighted by atomic mass is 10.1. The van der Waals surface area contributed by atoms with Crippen molar-refractivity contribution in [2.45, 2.75) is 6.42 Å². The number of hydrogen-bond donors (Lipinski definition) is 1. The SMILES string of the molecule is N=CCc1ccccc1F. The third kappa shape index (κ3) is 1.41. The van der Waals surface area contributed by atoms with Gasteiger partial charge < -0.3 is 5.41 Å². The minimum absolute atomic E-state index is 0.231. The molecule has 0 amide bonds. The van der Waals surface area contributed by atoms with Crippen molar-refractivity contribution in [2.24, 2.45) is 0 Å². The van der Waals surface area contributed by atoms with E-state index in [1.54, 1.807) is 18.2 Å². The van der Waals surface area contributed by atoms with Crippen LogP contribution in [0.5, 0.6) is 0 Å². The van der Waals surface area contributed by atoms with E-state index in [0.717, 1.165) is 0 Å². The number of nitrogens with one attached hydrogen (secondary N) is 1. The van der Waals surface area contributed by atoms with Crippen molar-refractivity contribution in [3.8, 4) is 0 Å². The molecule has 10 heavy (non-hydrogen) atoms. The summed E-state index contributed by atoms with van der Waals surface area (Å²) in [6.45, 7) is 0. The maximum absolute atomic E-state index is 12.7. The summed E-state index contributed by atoms with van der Waals surface area (Å²) in [5.74, 6) is -0.231. The normalized spacial score (nSPS) is 9.30. The van der Waals surface area contributed by atoms with Crippen molar-refractivity contribution >= 4 is 6.21 Å². The monoisotopic (exact) mass is 137 g/mol. The first-order valence-corrected chi connectivity index (χ1v) is 3.07. The maximum atomic E-state index is 12.7. The molecule has 1 aromatic rings. The van der Waals surface area contributed by atoms with Crippen molar-refractivity contribution < 1.29 is 4.39 Å². The number of benzene rings is 1. The second-order valence-electron chi connectivity index (χ2n) is 2.00. The molecule has 1 rings (SSSR count). The molecule has 0 spiro atoms.